The molecule has 0 bridgehead atoms. The van der Waals surface area contributed by atoms with Crippen molar-refractivity contribution in [3.63, 3.8) is 0 Å². The van der Waals surface area contributed by atoms with Crippen LogP contribution >= 0.6 is 0 Å². The molecule has 0 aliphatic carbocycles. The Balaban J connectivity index is 1.98. The van der Waals surface area contributed by atoms with Gasteiger partial charge >= 0.3 is 178 Å². The normalized spacial score (nSPS) is 12.6. The number of nitrogens with one attached hydrogen (secondary N) is 1. The summed E-state index contributed by atoms with van der Waals surface area (Å²) in [5.41, 5.74) is 1.98. The van der Waals surface area contributed by atoms with Gasteiger partial charge < -0.3 is 0 Å². The third-order valence-electron chi connectivity index (χ3n) is 4.40. The van der Waals surface area contributed by atoms with Gasteiger partial charge in [0.2, 0.25) is 0 Å². The molecular formula is C24H25NO3Se. The summed E-state index contributed by atoms with van der Waals surface area (Å²) >= 11 is -0.111. The number of hydrogen-bond donors (Lipinski definition) is 1. The van der Waals surface area contributed by atoms with Gasteiger partial charge in [0.1, 0.15) is 0 Å². The molecule has 0 saturated heterocycles. The van der Waals surface area contributed by atoms with E-state index in [1.54, 1.807) is 7.11 Å². The fraction of sp³-hybridized carbons (Fsp3) is 0.208. The standard InChI is InChI=1S/C24H25NO3Se/c1-3-28-24(26)23(29-21-12-8-5-9-13-21)22(25-19-10-6-4-7-11-19)18-14-16-20(27-2)17-15-18/h4-17,22-23,25H,3H2,1-2H3/t22-,23+/m0/s1. The van der Waals surface area contributed by atoms with Gasteiger partial charge in [0, 0.05) is 0 Å². The van der Waals surface area contributed by atoms with Crippen LogP contribution in [0.25, 0.3) is 0 Å². The predicted molar refractivity (Wildman–Crippen MR) is 118 cm³/mol. The van der Waals surface area contributed by atoms with E-state index in [1.807, 2.05) is 79.7 Å². The number of para-hydroxylation sites is 1. The molecule has 0 aromatic heterocycles. The minimum atomic E-state index is -0.321. The van der Waals surface area contributed by atoms with E-state index in [0.717, 1.165) is 21.5 Å². The molecule has 0 aliphatic heterocycles. The number of anilines is 1. The molecule has 150 valence electrons. The Morgan fingerprint density at radius 1 is 0.931 bits per heavy atom. The number of esters is 1. The number of ether oxygens (including phenoxy) is 2. The third-order valence-corrected chi connectivity index (χ3v) is 7.05. The Morgan fingerprint density at radius 2 is 1.55 bits per heavy atom. The Kier molecular flexibility index (Phi) is 7.74. The number of carbonyl (C=O) groups excluding carboxylic acids is 1. The fourth-order valence-electron chi connectivity index (χ4n) is 2.98. The van der Waals surface area contributed by atoms with Crippen LogP contribution in [0.2, 0.25) is 4.82 Å². The van der Waals surface area contributed by atoms with Crippen LogP contribution in [0.1, 0.15) is 18.5 Å². The molecule has 4 nitrogen and oxygen atoms in total. The first-order valence-corrected chi connectivity index (χ1v) is 11.4. The van der Waals surface area contributed by atoms with E-state index in [1.165, 1.54) is 0 Å². The van der Waals surface area contributed by atoms with Gasteiger partial charge in [-0.2, -0.15) is 0 Å². The van der Waals surface area contributed by atoms with Crippen LogP contribution in [0, 0.1) is 0 Å². The molecule has 5 heteroatoms. The Labute approximate surface area is 178 Å². The molecule has 0 spiro atoms. The monoisotopic (exact) mass is 455 g/mol. The first-order chi connectivity index (χ1) is 14.2. The molecule has 3 aromatic rings. The van der Waals surface area contributed by atoms with E-state index < -0.39 is 0 Å². The van der Waals surface area contributed by atoms with Crippen LogP contribution in [0.15, 0.2) is 84.9 Å². The summed E-state index contributed by atoms with van der Waals surface area (Å²) < 4.78 is 11.9. The summed E-state index contributed by atoms with van der Waals surface area (Å²) in [6, 6.07) is 27.7. The van der Waals surface area contributed by atoms with E-state index in [-0.39, 0.29) is 31.8 Å². The molecule has 0 fully saturated rings. The van der Waals surface area contributed by atoms with E-state index >= 15 is 0 Å². The number of methoxy groups -OCH3 is 1. The van der Waals surface area contributed by atoms with Gasteiger partial charge in [-0.25, -0.2) is 0 Å². The SMILES string of the molecule is CCOC(=O)[C@H]([Se]c1ccccc1)[C@@H](Nc1ccccc1)c1ccc(OC)cc1. The maximum atomic E-state index is 13.0. The summed E-state index contributed by atoms with van der Waals surface area (Å²) in [4.78, 5) is 12.7. The van der Waals surface area contributed by atoms with Crippen molar-refractivity contribution in [2.24, 2.45) is 0 Å². The van der Waals surface area contributed by atoms with Crippen LogP contribution in [0.3, 0.4) is 0 Å². The van der Waals surface area contributed by atoms with Gasteiger partial charge in [0.25, 0.3) is 0 Å². The summed E-state index contributed by atoms with van der Waals surface area (Å²) in [7, 11) is 1.65. The second-order valence-electron chi connectivity index (χ2n) is 6.36. The van der Waals surface area contributed by atoms with Crippen molar-refractivity contribution in [3.8, 4) is 5.75 Å². The molecule has 3 aromatic carbocycles. The number of hydrogen-bond acceptors (Lipinski definition) is 4. The molecule has 0 aliphatic rings. The first kappa shape index (κ1) is 21.0. The molecule has 0 amide bonds. The van der Waals surface area contributed by atoms with Crippen molar-refractivity contribution in [1.29, 1.82) is 0 Å². The van der Waals surface area contributed by atoms with E-state index in [4.69, 9.17) is 9.47 Å². The van der Waals surface area contributed by atoms with Crippen molar-refractivity contribution in [2.75, 3.05) is 19.0 Å². The molecule has 2 atom stereocenters. The molecule has 0 saturated carbocycles. The predicted octanol–water partition coefficient (Wildman–Crippen LogP) is 4.23. The van der Waals surface area contributed by atoms with Gasteiger partial charge in [-0.05, 0) is 0 Å². The van der Waals surface area contributed by atoms with Gasteiger partial charge in [0.05, 0.1) is 0 Å². The minimum absolute atomic E-state index is 0.111. The van der Waals surface area contributed by atoms with Crippen molar-refractivity contribution >= 4 is 31.1 Å². The van der Waals surface area contributed by atoms with Gasteiger partial charge in [0.15, 0.2) is 0 Å². The summed E-state index contributed by atoms with van der Waals surface area (Å²) in [5, 5.41) is 3.57. The van der Waals surface area contributed by atoms with Crippen molar-refractivity contribution in [1.82, 2.24) is 0 Å². The molecular weight excluding hydrogens is 429 g/mol. The van der Waals surface area contributed by atoms with Gasteiger partial charge in [-0.15, -0.1) is 0 Å². The van der Waals surface area contributed by atoms with Crippen LogP contribution < -0.4 is 14.5 Å². The third kappa shape index (κ3) is 5.86. The molecule has 29 heavy (non-hydrogen) atoms. The summed E-state index contributed by atoms with van der Waals surface area (Å²) in [6.45, 7) is 2.21. The van der Waals surface area contributed by atoms with Crippen molar-refractivity contribution in [3.05, 3.63) is 90.5 Å². The first-order valence-electron chi connectivity index (χ1n) is 9.55. The number of carbonyl (C=O) groups is 1. The van der Waals surface area contributed by atoms with Gasteiger partial charge in [-0.3, -0.25) is 0 Å². The Hall–Kier alpha value is -2.75. The van der Waals surface area contributed by atoms with Crippen molar-refractivity contribution in [2.45, 2.75) is 17.8 Å². The van der Waals surface area contributed by atoms with E-state index in [0.29, 0.717) is 6.61 Å². The quantitative estimate of drug-likeness (QED) is 0.388. The fourth-order valence-corrected chi connectivity index (χ4v) is 5.36. The zero-order chi connectivity index (χ0) is 20.5. The van der Waals surface area contributed by atoms with Crippen LogP contribution in [0.4, 0.5) is 5.69 Å². The summed E-state index contributed by atoms with van der Waals surface area (Å²) in [6.07, 6.45) is 0. The molecule has 1 N–H and O–H groups in total. The van der Waals surface area contributed by atoms with Crippen LogP contribution in [0.5, 0.6) is 5.75 Å². The number of rotatable bonds is 9. The molecule has 0 radical (unpaired) electrons. The molecule has 0 unspecified atom stereocenters. The Morgan fingerprint density at radius 3 is 2.14 bits per heavy atom. The second kappa shape index (κ2) is 10.7. The second-order valence-corrected chi connectivity index (χ2v) is 8.91. The van der Waals surface area contributed by atoms with E-state index in [9.17, 15) is 4.79 Å². The molecule has 3 rings (SSSR count). The van der Waals surface area contributed by atoms with Crippen LogP contribution in [-0.2, 0) is 9.53 Å². The average molecular weight is 454 g/mol. The maximum absolute atomic E-state index is 13.0. The van der Waals surface area contributed by atoms with Crippen molar-refractivity contribution < 1.29 is 14.3 Å². The van der Waals surface area contributed by atoms with Crippen LogP contribution in [-0.4, -0.2) is 34.6 Å². The Bertz CT molecular complexity index is 885. The van der Waals surface area contributed by atoms with E-state index in [2.05, 4.69) is 17.4 Å². The average Bonchev–Trinajstić information content (AvgIpc) is 2.78. The zero-order valence-electron chi connectivity index (χ0n) is 16.6. The zero-order valence-corrected chi connectivity index (χ0v) is 18.3. The number of benzene rings is 3. The van der Waals surface area contributed by atoms with Gasteiger partial charge in [-0.1, -0.05) is 0 Å². The molecule has 0 heterocycles. The summed E-state index contributed by atoms with van der Waals surface area (Å²) in [5.74, 6) is 0.606. The topological polar surface area (TPSA) is 47.6 Å².